The number of phenols is 1. The Morgan fingerprint density at radius 2 is 2.10 bits per heavy atom. The molecule has 1 rings (SSSR count). The SMILES string of the molecule is CCCC(=O)Nc1ccc(O)c(C(C)NC(C)CSC)c1. The summed E-state index contributed by atoms with van der Waals surface area (Å²) in [6.45, 7) is 6.11. The minimum Gasteiger partial charge on any atom is -0.508 e. The fourth-order valence-electron chi connectivity index (χ4n) is 2.24. The molecule has 3 N–H and O–H groups in total. The molecule has 0 radical (unpaired) electrons. The molecule has 0 heterocycles. The summed E-state index contributed by atoms with van der Waals surface area (Å²) in [5.74, 6) is 1.27. The van der Waals surface area contributed by atoms with Crippen molar-refractivity contribution in [2.45, 2.75) is 45.7 Å². The quantitative estimate of drug-likeness (QED) is 0.643. The first kappa shape index (κ1) is 17.9. The summed E-state index contributed by atoms with van der Waals surface area (Å²) < 4.78 is 0. The standard InChI is InChI=1S/C16H26N2O2S/c1-5-6-16(20)18-13-7-8-15(19)14(9-13)12(3)17-11(2)10-21-4/h7-9,11-12,17,19H,5-6,10H2,1-4H3,(H,18,20). The van der Waals surface area contributed by atoms with Gasteiger partial charge in [0.2, 0.25) is 5.91 Å². The number of carbonyl (C=O) groups excluding carboxylic acids is 1. The molecule has 2 unspecified atom stereocenters. The lowest BCUT2D eigenvalue weighted by Gasteiger charge is -2.21. The van der Waals surface area contributed by atoms with Gasteiger partial charge >= 0.3 is 0 Å². The topological polar surface area (TPSA) is 61.4 Å². The van der Waals surface area contributed by atoms with E-state index in [9.17, 15) is 9.90 Å². The van der Waals surface area contributed by atoms with Crippen molar-refractivity contribution in [3.05, 3.63) is 23.8 Å². The van der Waals surface area contributed by atoms with Crippen molar-refractivity contribution >= 4 is 23.4 Å². The van der Waals surface area contributed by atoms with Crippen LogP contribution < -0.4 is 10.6 Å². The second-order valence-electron chi connectivity index (χ2n) is 5.32. The highest BCUT2D eigenvalue weighted by atomic mass is 32.2. The molecule has 0 saturated carbocycles. The highest BCUT2D eigenvalue weighted by Crippen LogP contribution is 2.27. The highest BCUT2D eigenvalue weighted by Gasteiger charge is 2.14. The van der Waals surface area contributed by atoms with Gasteiger partial charge in [-0.15, -0.1) is 0 Å². The van der Waals surface area contributed by atoms with Crippen LogP contribution >= 0.6 is 11.8 Å². The van der Waals surface area contributed by atoms with E-state index in [0.29, 0.717) is 12.5 Å². The number of hydrogen-bond acceptors (Lipinski definition) is 4. The van der Waals surface area contributed by atoms with E-state index in [0.717, 1.165) is 23.4 Å². The van der Waals surface area contributed by atoms with Gasteiger partial charge in [-0.1, -0.05) is 6.92 Å². The predicted molar refractivity (Wildman–Crippen MR) is 91.0 cm³/mol. The summed E-state index contributed by atoms with van der Waals surface area (Å²) in [5, 5.41) is 16.3. The zero-order chi connectivity index (χ0) is 15.8. The smallest absolute Gasteiger partial charge is 0.224 e. The van der Waals surface area contributed by atoms with Gasteiger partial charge in [-0.05, 0) is 44.7 Å². The van der Waals surface area contributed by atoms with Gasteiger partial charge in [0, 0.05) is 35.5 Å². The second kappa shape index (κ2) is 8.95. The molecule has 5 heteroatoms. The van der Waals surface area contributed by atoms with Gasteiger partial charge in [0.05, 0.1) is 0 Å². The predicted octanol–water partition coefficient (Wildman–Crippen LogP) is 3.53. The van der Waals surface area contributed by atoms with Crippen LogP contribution in [0.15, 0.2) is 18.2 Å². The van der Waals surface area contributed by atoms with Crippen LogP contribution in [0.3, 0.4) is 0 Å². The molecule has 1 amide bonds. The Labute approximate surface area is 131 Å². The lowest BCUT2D eigenvalue weighted by Crippen LogP contribution is -2.30. The van der Waals surface area contributed by atoms with E-state index in [1.807, 2.05) is 19.9 Å². The minimum atomic E-state index is 0.00510. The summed E-state index contributed by atoms with van der Waals surface area (Å²) >= 11 is 1.79. The molecule has 0 aliphatic rings. The van der Waals surface area contributed by atoms with Crippen LogP contribution in [0.5, 0.6) is 5.75 Å². The molecule has 1 aromatic rings. The van der Waals surface area contributed by atoms with Crippen molar-refractivity contribution in [2.24, 2.45) is 0 Å². The third kappa shape index (κ3) is 5.98. The number of benzene rings is 1. The van der Waals surface area contributed by atoms with Crippen LogP contribution in [0.2, 0.25) is 0 Å². The number of amides is 1. The van der Waals surface area contributed by atoms with Gasteiger partial charge in [-0.2, -0.15) is 11.8 Å². The lowest BCUT2D eigenvalue weighted by atomic mass is 10.1. The Morgan fingerprint density at radius 1 is 1.38 bits per heavy atom. The number of hydrogen-bond donors (Lipinski definition) is 3. The van der Waals surface area contributed by atoms with Crippen molar-refractivity contribution < 1.29 is 9.90 Å². The first-order valence-electron chi connectivity index (χ1n) is 7.35. The zero-order valence-electron chi connectivity index (χ0n) is 13.3. The third-order valence-corrected chi connectivity index (χ3v) is 4.04. The Balaban J connectivity index is 2.79. The molecule has 2 atom stereocenters. The Kier molecular flexibility index (Phi) is 7.61. The summed E-state index contributed by atoms with van der Waals surface area (Å²) in [7, 11) is 0. The Morgan fingerprint density at radius 3 is 2.71 bits per heavy atom. The molecule has 0 fully saturated rings. The number of rotatable bonds is 8. The van der Waals surface area contributed by atoms with E-state index in [4.69, 9.17) is 0 Å². The van der Waals surface area contributed by atoms with Crippen LogP contribution in [0.25, 0.3) is 0 Å². The Hall–Kier alpha value is -1.20. The number of thioether (sulfide) groups is 1. The maximum absolute atomic E-state index is 11.6. The van der Waals surface area contributed by atoms with Crippen LogP contribution in [-0.4, -0.2) is 29.1 Å². The van der Waals surface area contributed by atoms with Gasteiger partial charge in [0.25, 0.3) is 0 Å². The summed E-state index contributed by atoms with van der Waals surface area (Å²) in [6, 6.07) is 5.58. The molecule has 1 aromatic carbocycles. The van der Waals surface area contributed by atoms with Gasteiger partial charge in [-0.3, -0.25) is 4.79 Å². The number of aromatic hydroxyl groups is 1. The fourth-order valence-corrected chi connectivity index (χ4v) is 2.84. The molecule has 0 aromatic heterocycles. The van der Waals surface area contributed by atoms with E-state index in [2.05, 4.69) is 23.8 Å². The number of anilines is 1. The molecule has 0 bridgehead atoms. The number of phenolic OH excluding ortho intramolecular Hbond substituents is 1. The monoisotopic (exact) mass is 310 g/mol. The van der Waals surface area contributed by atoms with E-state index in [-0.39, 0.29) is 17.7 Å². The van der Waals surface area contributed by atoms with Crippen molar-refractivity contribution in [1.82, 2.24) is 5.32 Å². The maximum atomic E-state index is 11.6. The van der Waals surface area contributed by atoms with E-state index in [1.54, 1.807) is 23.9 Å². The molecule has 21 heavy (non-hydrogen) atoms. The largest absolute Gasteiger partial charge is 0.508 e. The summed E-state index contributed by atoms with van der Waals surface area (Å²) in [6.07, 6.45) is 3.40. The van der Waals surface area contributed by atoms with Crippen LogP contribution in [-0.2, 0) is 4.79 Å². The van der Waals surface area contributed by atoms with Crippen molar-refractivity contribution in [3.63, 3.8) is 0 Å². The number of nitrogens with one attached hydrogen (secondary N) is 2. The second-order valence-corrected chi connectivity index (χ2v) is 6.23. The average Bonchev–Trinajstić information content (AvgIpc) is 2.41. The normalized spacial score (nSPS) is 13.7. The minimum absolute atomic E-state index is 0.00510. The first-order chi connectivity index (χ1) is 9.97. The third-order valence-electron chi connectivity index (χ3n) is 3.21. The average molecular weight is 310 g/mol. The highest BCUT2D eigenvalue weighted by molar-refractivity contribution is 7.98. The molecular weight excluding hydrogens is 284 g/mol. The maximum Gasteiger partial charge on any atom is 0.224 e. The molecule has 0 spiro atoms. The van der Waals surface area contributed by atoms with Crippen LogP contribution in [0.4, 0.5) is 5.69 Å². The zero-order valence-corrected chi connectivity index (χ0v) is 14.1. The molecule has 118 valence electrons. The lowest BCUT2D eigenvalue weighted by molar-refractivity contribution is -0.116. The Bertz CT molecular complexity index is 466. The van der Waals surface area contributed by atoms with Gasteiger partial charge in [-0.25, -0.2) is 0 Å². The molecule has 0 aliphatic carbocycles. The molecule has 0 saturated heterocycles. The van der Waals surface area contributed by atoms with E-state index >= 15 is 0 Å². The van der Waals surface area contributed by atoms with Gasteiger partial charge in [0.1, 0.15) is 5.75 Å². The van der Waals surface area contributed by atoms with Gasteiger partial charge in [0.15, 0.2) is 0 Å². The van der Waals surface area contributed by atoms with Gasteiger partial charge < -0.3 is 15.7 Å². The van der Waals surface area contributed by atoms with E-state index in [1.165, 1.54) is 0 Å². The van der Waals surface area contributed by atoms with Crippen LogP contribution in [0.1, 0.15) is 45.2 Å². The van der Waals surface area contributed by atoms with Crippen molar-refractivity contribution in [2.75, 3.05) is 17.3 Å². The summed E-state index contributed by atoms with van der Waals surface area (Å²) in [5.41, 5.74) is 1.53. The molecular formula is C16H26N2O2S. The summed E-state index contributed by atoms with van der Waals surface area (Å²) in [4.78, 5) is 11.6. The number of carbonyl (C=O) groups is 1. The molecule has 0 aliphatic heterocycles. The van der Waals surface area contributed by atoms with Crippen LogP contribution in [0, 0.1) is 0 Å². The molecule has 4 nitrogen and oxygen atoms in total. The van der Waals surface area contributed by atoms with Crippen molar-refractivity contribution in [3.8, 4) is 5.75 Å². The fraction of sp³-hybridized carbons (Fsp3) is 0.562. The van der Waals surface area contributed by atoms with E-state index < -0.39 is 0 Å². The first-order valence-corrected chi connectivity index (χ1v) is 8.75. The van der Waals surface area contributed by atoms with Crippen molar-refractivity contribution in [1.29, 1.82) is 0 Å².